The SMILES string of the molecule is CC1CCCC(C)(C)C1CCC(C)(c1ccc(O)cc1)c1ccc(O)cc1. The molecule has 0 aliphatic heterocycles. The minimum Gasteiger partial charge on any atom is -0.508 e. The van der Waals surface area contributed by atoms with Crippen LogP contribution >= 0.6 is 0 Å². The first-order valence-electron chi connectivity index (χ1n) is 10.3. The predicted octanol–water partition coefficient (Wildman–Crippen LogP) is 6.65. The van der Waals surface area contributed by atoms with E-state index in [-0.39, 0.29) is 5.41 Å². The quantitative estimate of drug-likeness (QED) is 0.622. The first-order chi connectivity index (χ1) is 12.7. The molecule has 27 heavy (non-hydrogen) atoms. The maximum atomic E-state index is 9.73. The summed E-state index contributed by atoms with van der Waals surface area (Å²) in [5.74, 6) is 2.08. The lowest BCUT2D eigenvalue weighted by molar-refractivity contribution is 0.0707. The van der Waals surface area contributed by atoms with E-state index >= 15 is 0 Å². The summed E-state index contributed by atoms with van der Waals surface area (Å²) < 4.78 is 0. The molecule has 2 N–H and O–H groups in total. The summed E-state index contributed by atoms with van der Waals surface area (Å²) in [5.41, 5.74) is 2.68. The van der Waals surface area contributed by atoms with Crippen molar-refractivity contribution < 1.29 is 10.2 Å². The van der Waals surface area contributed by atoms with Gasteiger partial charge in [-0.15, -0.1) is 0 Å². The first kappa shape index (κ1) is 19.8. The summed E-state index contributed by atoms with van der Waals surface area (Å²) in [5, 5.41) is 19.5. The van der Waals surface area contributed by atoms with Crippen molar-refractivity contribution in [1.29, 1.82) is 0 Å². The number of rotatable bonds is 5. The molecule has 0 spiro atoms. The molecule has 1 aliphatic rings. The Hall–Kier alpha value is -1.96. The molecule has 2 unspecified atom stereocenters. The Bertz CT molecular complexity index is 697. The lowest BCUT2D eigenvalue weighted by Crippen LogP contribution is -2.35. The topological polar surface area (TPSA) is 40.5 Å². The molecule has 0 aromatic heterocycles. The number of hydrogen-bond donors (Lipinski definition) is 2. The maximum Gasteiger partial charge on any atom is 0.115 e. The van der Waals surface area contributed by atoms with Gasteiger partial charge in [-0.25, -0.2) is 0 Å². The molecule has 1 fully saturated rings. The zero-order chi connectivity index (χ0) is 19.7. The van der Waals surface area contributed by atoms with Gasteiger partial charge in [-0.2, -0.15) is 0 Å². The van der Waals surface area contributed by atoms with Gasteiger partial charge in [0.05, 0.1) is 0 Å². The average Bonchev–Trinajstić information content (AvgIpc) is 2.61. The third-order valence-electron chi connectivity index (χ3n) is 7.14. The van der Waals surface area contributed by atoms with Crippen LogP contribution in [0.2, 0.25) is 0 Å². The van der Waals surface area contributed by atoms with Crippen LogP contribution < -0.4 is 0 Å². The monoisotopic (exact) mass is 366 g/mol. The molecule has 1 saturated carbocycles. The largest absolute Gasteiger partial charge is 0.508 e. The average molecular weight is 367 g/mol. The molecule has 0 amide bonds. The van der Waals surface area contributed by atoms with E-state index in [0.29, 0.717) is 16.9 Å². The van der Waals surface area contributed by atoms with E-state index in [2.05, 4.69) is 27.7 Å². The van der Waals surface area contributed by atoms with Gasteiger partial charge in [0.2, 0.25) is 0 Å². The van der Waals surface area contributed by atoms with Crippen molar-refractivity contribution in [3.8, 4) is 11.5 Å². The van der Waals surface area contributed by atoms with Gasteiger partial charge in [-0.1, -0.05) is 64.8 Å². The summed E-state index contributed by atoms with van der Waals surface area (Å²) in [6, 6.07) is 15.3. The first-order valence-corrected chi connectivity index (χ1v) is 10.3. The van der Waals surface area contributed by atoms with E-state index in [1.54, 1.807) is 24.3 Å². The fourth-order valence-corrected chi connectivity index (χ4v) is 5.27. The highest BCUT2D eigenvalue weighted by molar-refractivity contribution is 5.42. The van der Waals surface area contributed by atoms with Crippen molar-refractivity contribution >= 4 is 0 Å². The fraction of sp³-hybridized carbons (Fsp3) is 0.520. The van der Waals surface area contributed by atoms with Crippen molar-refractivity contribution in [1.82, 2.24) is 0 Å². The van der Waals surface area contributed by atoms with Crippen molar-refractivity contribution in [2.45, 2.75) is 65.2 Å². The van der Waals surface area contributed by atoms with Crippen LogP contribution in [0.4, 0.5) is 0 Å². The molecule has 2 nitrogen and oxygen atoms in total. The van der Waals surface area contributed by atoms with Crippen LogP contribution in [0.15, 0.2) is 48.5 Å². The summed E-state index contributed by atoms with van der Waals surface area (Å²) in [7, 11) is 0. The van der Waals surface area contributed by atoms with Gasteiger partial charge in [-0.05, 0) is 71.9 Å². The van der Waals surface area contributed by atoms with E-state index in [9.17, 15) is 10.2 Å². The second kappa shape index (κ2) is 7.58. The Morgan fingerprint density at radius 3 is 1.85 bits per heavy atom. The molecule has 2 heteroatoms. The van der Waals surface area contributed by atoms with E-state index < -0.39 is 0 Å². The Morgan fingerprint density at radius 2 is 1.41 bits per heavy atom. The van der Waals surface area contributed by atoms with Crippen molar-refractivity contribution in [2.75, 3.05) is 0 Å². The summed E-state index contributed by atoms with van der Waals surface area (Å²) >= 11 is 0. The highest BCUT2D eigenvalue weighted by Crippen LogP contribution is 2.48. The molecule has 0 heterocycles. The normalized spacial score (nSPS) is 22.5. The lowest BCUT2D eigenvalue weighted by Gasteiger charge is -2.45. The molecule has 0 bridgehead atoms. The highest BCUT2D eigenvalue weighted by Gasteiger charge is 2.39. The zero-order valence-electron chi connectivity index (χ0n) is 17.2. The number of hydrogen-bond acceptors (Lipinski definition) is 2. The van der Waals surface area contributed by atoms with E-state index in [1.165, 1.54) is 36.8 Å². The summed E-state index contributed by atoms with van der Waals surface area (Å²) in [6.45, 7) is 9.59. The molecule has 3 rings (SSSR count). The predicted molar refractivity (Wildman–Crippen MR) is 112 cm³/mol. The van der Waals surface area contributed by atoms with Gasteiger partial charge in [0.1, 0.15) is 11.5 Å². The van der Waals surface area contributed by atoms with Gasteiger partial charge in [-0.3, -0.25) is 0 Å². The van der Waals surface area contributed by atoms with E-state index in [4.69, 9.17) is 0 Å². The van der Waals surface area contributed by atoms with Gasteiger partial charge in [0.15, 0.2) is 0 Å². The Balaban J connectivity index is 1.92. The number of phenolic OH excluding ortho intramolecular Hbond substituents is 2. The van der Waals surface area contributed by atoms with Crippen molar-refractivity contribution in [3.05, 3.63) is 59.7 Å². The smallest absolute Gasteiger partial charge is 0.115 e. The van der Waals surface area contributed by atoms with Gasteiger partial charge < -0.3 is 10.2 Å². The molecule has 0 saturated heterocycles. The molecular weight excluding hydrogens is 332 g/mol. The molecule has 0 radical (unpaired) electrons. The third-order valence-corrected chi connectivity index (χ3v) is 7.14. The van der Waals surface area contributed by atoms with Crippen LogP contribution in [0.1, 0.15) is 70.9 Å². The number of aromatic hydroxyl groups is 2. The number of phenols is 2. The maximum absolute atomic E-state index is 9.73. The molecule has 2 atom stereocenters. The van der Waals surface area contributed by atoms with Crippen LogP contribution in [-0.4, -0.2) is 10.2 Å². The van der Waals surface area contributed by atoms with Crippen LogP contribution in [0.5, 0.6) is 11.5 Å². The van der Waals surface area contributed by atoms with Crippen molar-refractivity contribution in [2.24, 2.45) is 17.3 Å². The van der Waals surface area contributed by atoms with E-state index in [1.807, 2.05) is 24.3 Å². The summed E-state index contributed by atoms with van der Waals surface area (Å²) in [4.78, 5) is 0. The fourth-order valence-electron chi connectivity index (χ4n) is 5.27. The lowest BCUT2D eigenvalue weighted by atomic mass is 9.60. The van der Waals surface area contributed by atoms with Crippen LogP contribution in [0, 0.1) is 17.3 Å². The number of benzene rings is 2. The Labute approximate surface area is 164 Å². The van der Waals surface area contributed by atoms with Crippen LogP contribution in [0.25, 0.3) is 0 Å². The molecular formula is C25H34O2. The van der Waals surface area contributed by atoms with E-state index in [0.717, 1.165) is 18.3 Å². The Kier molecular flexibility index (Phi) is 5.55. The second-order valence-corrected chi connectivity index (χ2v) is 9.43. The standard InChI is InChI=1S/C25H34O2/c1-18-6-5-16-24(2,3)23(18)15-17-25(4,19-7-11-21(26)12-8-19)20-9-13-22(27)14-10-20/h7-14,18,23,26-27H,5-6,15-17H2,1-4H3. The Morgan fingerprint density at radius 1 is 0.926 bits per heavy atom. The molecule has 146 valence electrons. The summed E-state index contributed by atoms with van der Waals surface area (Å²) in [6.07, 6.45) is 6.24. The minimum atomic E-state index is -0.144. The zero-order valence-corrected chi connectivity index (χ0v) is 17.2. The van der Waals surface area contributed by atoms with Gasteiger partial charge in [0, 0.05) is 5.41 Å². The third kappa shape index (κ3) is 4.15. The van der Waals surface area contributed by atoms with Crippen molar-refractivity contribution in [3.63, 3.8) is 0 Å². The van der Waals surface area contributed by atoms with Gasteiger partial charge in [0.25, 0.3) is 0 Å². The minimum absolute atomic E-state index is 0.144. The second-order valence-electron chi connectivity index (χ2n) is 9.43. The molecule has 2 aromatic carbocycles. The van der Waals surface area contributed by atoms with Gasteiger partial charge >= 0.3 is 0 Å². The highest BCUT2D eigenvalue weighted by atomic mass is 16.3. The van der Waals surface area contributed by atoms with Crippen LogP contribution in [-0.2, 0) is 5.41 Å². The molecule has 2 aromatic rings. The van der Waals surface area contributed by atoms with Crippen LogP contribution in [0.3, 0.4) is 0 Å². The molecule has 1 aliphatic carbocycles.